The Kier molecular flexibility index (Phi) is 3.27. The molecular weight excluding hydrogens is 280 g/mol. The van der Waals surface area contributed by atoms with Crippen LogP contribution in [0.25, 0.3) is 0 Å². The van der Waals surface area contributed by atoms with Gasteiger partial charge in [-0.25, -0.2) is 0 Å². The molecule has 0 saturated carbocycles. The second-order valence-corrected chi connectivity index (χ2v) is 6.17. The molecule has 0 radical (unpaired) electrons. The van der Waals surface area contributed by atoms with Gasteiger partial charge < -0.3 is 15.8 Å². The molecule has 1 saturated heterocycles. The molecule has 1 unspecified atom stereocenters. The van der Waals surface area contributed by atoms with Crippen LogP contribution in [-0.2, 0) is 10.2 Å². The number of hydrogen-bond acceptors (Lipinski definition) is 5. The molecule has 108 valence electrons. The lowest BCUT2D eigenvalue weighted by molar-refractivity contribution is 0.277. The Morgan fingerprint density at radius 3 is 3.05 bits per heavy atom. The molecule has 0 aliphatic carbocycles. The summed E-state index contributed by atoms with van der Waals surface area (Å²) < 4.78 is 34.5. The van der Waals surface area contributed by atoms with Gasteiger partial charge in [0, 0.05) is 6.04 Å². The first kappa shape index (κ1) is 13.2. The summed E-state index contributed by atoms with van der Waals surface area (Å²) in [6.45, 7) is 1.53. The zero-order valence-corrected chi connectivity index (χ0v) is 11.6. The number of nitrogens with zero attached hydrogens (tertiary/aromatic N) is 1. The zero-order valence-electron chi connectivity index (χ0n) is 10.8. The van der Waals surface area contributed by atoms with Crippen molar-refractivity contribution in [3.05, 3.63) is 23.8 Å². The number of hydrogen-bond donors (Lipinski definition) is 3. The lowest BCUT2D eigenvalue weighted by Gasteiger charge is -2.20. The van der Waals surface area contributed by atoms with Crippen molar-refractivity contribution < 1.29 is 13.2 Å². The Hall–Kier alpha value is -1.80. The molecule has 2 aliphatic heterocycles. The first-order valence-electron chi connectivity index (χ1n) is 6.43. The van der Waals surface area contributed by atoms with Gasteiger partial charge in [0.25, 0.3) is 0 Å². The van der Waals surface area contributed by atoms with Crippen LogP contribution >= 0.6 is 0 Å². The van der Waals surface area contributed by atoms with Crippen LogP contribution < -0.4 is 20.5 Å². The maximum absolute atomic E-state index is 11.5. The third-order valence-corrected chi connectivity index (χ3v) is 4.26. The fourth-order valence-corrected chi connectivity index (χ4v) is 3.27. The van der Waals surface area contributed by atoms with Gasteiger partial charge in [-0.1, -0.05) is 6.07 Å². The lowest BCUT2D eigenvalue weighted by atomic mass is 10.1. The van der Waals surface area contributed by atoms with Gasteiger partial charge in [-0.05, 0) is 31.5 Å². The predicted octanol–water partition coefficient (Wildman–Crippen LogP) is 0.193. The topological polar surface area (TPSA) is 106 Å². The Bertz CT molecular complexity index is 651. The third-order valence-electron chi connectivity index (χ3n) is 3.34. The molecule has 7 nitrogen and oxygen atoms in total. The van der Waals surface area contributed by atoms with E-state index in [1.165, 1.54) is 0 Å². The van der Waals surface area contributed by atoms with Crippen LogP contribution in [0.15, 0.2) is 22.6 Å². The fourth-order valence-electron chi connectivity index (χ4n) is 2.43. The Balaban J connectivity index is 1.86. The number of benzene rings is 1. The van der Waals surface area contributed by atoms with Crippen molar-refractivity contribution in [2.75, 3.05) is 17.9 Å². The van der Waals surface area contributed by atoms with Crippen molar-refractivity contribution in [3.63, 3.8) is 0 Å². The summed E-state index contributed by atoms with van der Waals surface area (Å²) in [5, 5.41) is 3.33. The van der Waals surface area contributed by atoms with E-state index in [4.69, 9.17) is 10.5 Å². The van der Waals surface area contributed by atoms with E-state index in [2.05, 4.69) is 14.4 Å². The van der Waals surface area contributed by atoms with E-state index in [1.807, 2.05) is 0 Å². The number of anilines is 1. The first-order chi connectivity index (χ1) is 9.55. The Morgan fingerprint density at radius 2 is 2.30 bits per heavy atom. The van der Waals surface area contributed by atoms with Gasteiger partial charge >= 0.3 is 10.2 Å². The predicted molar refractivity (Wildman–Crippen MR) is 76.2 cm³/mol. The highest BCUT2D eigenvalue weighted by molar-refractivity contribution is 7.91. The van der Waals surface area contributed by atoms with Crippen molar-refractivity contribution in [2.24, 2.45) is 10.1 Å². The summed E-state index contributed by atoms with van der Waals surface area (Å²) in [5.74, 6) is 0.494. The van der Waals surface area contributed by atoms with E-state index in [1.54, 1.807) is 18.2 Å². The van der Waals surface area contributed by atoms with Gasteiger partial charge in [0.1, 0.15) is 12.4 Å². The van der Waals surface area contributed by atoms with Crippen LogP contribution in [0, 0.1) is 0 Å². The molecule has 1 aromatic rings. The second-order valence-electron chi connectivity index (χ2n) is 4.84. The van der Waals surface area contributed by atoms with Crippen molar-refractivity contribution in [2.45, 2.75) is 18.9 Å². The van der Waals surface area contributed by atoms with Gasteiger partial charge in [-0.15, -0.1) is 4.40 Å². The van der Waals surface area contributed by atoms with Gasteiger partial charge in [0.15, 0.2) is 5.84 Å². The van der Waals surface area contributed by atoms with Crippen LogP contribution in [0.5, 0.6) is 5.75 Å². The number of ether oxygens (including phenoxy) is 1. The number of nitrogens with one attached hydrogen (secondary N) is 2. The molecule has 2 heterocycles. The van der Waals surface area contributed by atoms with E-state index in [9.17, 15) is 8.42 Å². The molecule has 2 aliphatic rings. The van der Waals surface area contributed by atoms with Crippen LogP contribution in [0.3, 0.4) is 0 Å². The summed E-state index contributed by atoms with van der Waals surface area (Å²) >= 11 is 0. The summed E-state index contributed by atoms with van der Waals surface area (Å²) in [4.78, 5) is 0. The number of rotatable bonds is 3. The molecule has 0 bridgehead atoms. The van der Waals surface area contributed by atoms with Gasteiger partial charge in [0.2, 0.25) is 0 Å². The van der Waals surface area contributed by atoms with Crippen LogP contribution in [0.1, 0.15) is 18.4 Å². The summed E-state index contributed by atoms with van der Waals surface area (Å²) in [6.07, 6.45) is 2.22. The van der Waals surface area contributed by atoms with Crippen molar-refractivity contribution >= 4 is 21.7 Å². The largest absolute Gasteiger partial charge is 0.491 e. The van der Waals surface area contributed by atoms with Crippen molar-refractivity contribution in [3.8, 4) is 5.75 Å². The normalized spacial score (nSPS) is 23.6. The van der Waals surface area contributed by atoms with E-state index in [-0.39, 0.29) is 5.84 Å². The highest BCUT2D eigenvalue weighted by atomic mass is 32.2. The molecule has 1 atom stereocenters. The SMILES string of the molecule is NC1=NS(=O)(=O)Nc2cccc(OCC3CCCN3)c21. The van der Waals surface area contributed by atoms with E-state index < -0.39 is 10.2 Å². The standard InChI is InChI=1S/C12H16N4O3S/c13-12-11-9(15-20(17,18)16-12)4-1-5-10(11)19-7-8-3-2-6-14-8/h1,4-5,8,14-15H,2-3,6-7H2,(H2,13,16). The monoisotopic (exact) mass is 296 g/mol. The van der Waals surface area contributed by atoms with Crippen LogP contribution in [0.2, 0.25) is 0 Å². The molecule has 0 spiro atoms. The molecule has 8 heteroatoms. The minimum absolute atomic E-state index is 0.0475. The second kappa shape index (κ2) is 4.95. The molecule has 20 heavy (non-hydrogen) atoms. The molecular formula is C12H16N4O3S. The van der Waals surface area contributed by atoms with Gasteiger partial charge in [-0.3, -0.25) is 4.72 Å². The highest BCUT2D eigenvalue weighted by Gasteiger charge is 2.25. The molecule has 0 amide bonds. The maximum Gasteiger partial charge on any atom is 0.344 e. The minimum atomic E-state index is -3.75. The fraction of sp³-hybridized carbons (Fsp3) is 0.417. The summed E-state index contributed by atoms with van der Waals surface area (Å²) in [7, 11) is -3.75. The average molecular weight is 296 g/mol. The van der Waals surface area contributed by atoms with Crippen molar-refractivity contribution in [1.29, 1.82) is 0 Å². The lowest BCUT2D eigenvalue weighted by Crippen LogP contribution is -2.30. The Labute approximate surface area is 117 Å². The molecule has 1 aromatic carbocycles. The number of nitrogens with two attached hydrogens (primary N) is 1. The van der Waals surface area contributed by atoms with E-state index in [0.717, 1.165) is 19.4 Å². The molecule has 3 rings (SSSR count). The highest BCUT2D eigenvalue weighted by Crippen LogP contribution is 2.30. The minimum Gasteiger partial charge on any atom is -0.491 e. The van der Waals surface area contributed by atoms with Gasteiger partial charge in [-0.2, -0.15) is 8.42 Å². The average Bonchev–Trinajstić information content (AvgIpc) is 2.87. The smallest absolute Gasteiger partial charge is 0.344 e. The summed E-state index contributed by atoms with van der Waals surface area (Å²) in [6, 6.07) is 5.44. The molecule has 1 fully saturated rings. The maximum atomic E-state index is 11.5. The summed E-state index contributed by atoms with van der Waals surface area (Å²) in [5.41, 5.74) is 6.64. The Morgan fingerprint density at radius 1 is 1.45 bits per heavy atom. The van der Waals surface area contributed by atoms with E-state index >= 15 is 0 Å². The molecule has 4 N–H and O–H groups in total. The number of fused-ring (bicyclic) bond motifs is 1. The van der Waals surface area contributed by atoms with E-state index in [0.29, 0.717) is 29.6 Å². The van der Waals surface area contributed by atoms with Gasteiger partial charge in [0.05, 0.1) is 11.3 Å². The zero-order chi connectivity index (χ0) is 14.2. The number of amidine groups is 1. The van der Waals surface area contributed by atoms with Crippen LogP contribution in [-0.4, -0.2) is 33.4 Å². The first-order valence-corrected chi connectivity index (χ1v) is 7.87. The van der Waals surface area contributed by atoms with Crippen molar-refractivity contribution in [1.82, 2.24) is 5.32 Å². The quantitative estimate of drug-likeness (QED) is 0.738. The molecule has 0 aromatic heterocycles. The van der Waals surface area contributed by atoms with Crippen LogP contribution in [0.4, 0.5) is 5.69 Å². The third kappa shape index (κ3) is 2.56.